The normalized spacial score (nSPS) is 32.5. The Bertz CT molecular complexity index is 316. The fraction of sp³-hybridized carbons (Fsp3) is 0.818. The zero-order valence-electron chi connectivity index (χ0n) is 10.3. The number of carbonyl (C=O) groups is 2. The van der Waals surface area contributed by atoms with Crippen molar-refractivity contribution in [3.8, 4) is 0 Å². The molecule has 0 spiro atoms. The molecule has 5 nitrogen and oxygen atoms in total. The van der Waals surface area contributed by atoms with Gasteiger partial charge >= 0.3 is 0 Å². The molecule has 2 saturated heterocycles. The van der Waals surface area contributed by atoms with E-state index in [1.165, 1.54) is 0 Å². The monoisotopic (exact) mass is 261 g/mol. The van der Waals surface area contributed by atoms with Crippen LogP contribution in [-0.4, -0.2) is 49.4 Å². The van der Waals surface area contributed by atoms with E-state index in [-0.39, 0.29) is 35.7 Å². The molecule has 2 amide bonds. The zero-order valence-corrected chi connectivity index (χ0v) is 11.1. The van der Waals surface area contributed by atoms with Crippen molar-refractivity contribution < 1.29 is 9.59 Å². The molecule has 2 aliphatic heterocycles. The third-order valence-corrected chi connectivity index (χ3v) is 3.65. The molecule has 2 heterocycles. The van der Waals surface area contributed by atoms with Crippen LogP contribution in [0.2, 0.25) is 0 Å². The molecule has 0 bridgehead atoms. The number of amides is 2. The lowest BCUT2D eigenvalue weighted by molar-refractivity contribution is -0.135. The van der Waals surface area contributed by atoms with Crippen molar-refractivity contribution in [1.29, 1.82) is 0 Å². The smallest absolute Gasteiger partial charge is 0.244 e. The minimum absolute atomic E-state index is 0. The van der Waals surface area contributed by atoms with Gasteiger partial charge in [0.05, 0.1) is 5.41 Å². The second-order valence-electron chi connectivity index (χ2n) is 5.06. The molecule has 2 fully saturated rings. The molecular weight excluding hydrogens is 242 g/mol. The first-order valence-corrected chi connectivity index (χ1v) is 5.80. The van der Waals surface area contributed by atoms with Gasteiger partial charge in [-0.05, 0) is 26.3 Å². The maximum absolute atomic E-state index is 12.1. The van der Waals surface area contributed by atoms with Crippen LogP contribution >= 0.6 is 12.4 Å². The summed E-state index contributed by atoms with van der Waals surface area (Å²) < 4.78 is 0. The number of likely N-dealkylation sites (N-methyl/N-ethyl adjacent to an activating group) is 1. The highest BCUT2D eigenvalue weighted by molar-refractivity contribution is 5.91. The quantitative estimate of drug-likeness (QED) is 0.721. The predicted octanol–water partition coefficient (Wildman–Crippen LogP) is -0.245. The molecule has 0 aromatic rings. The summed E-state index contributed by atoms with van der Waals surface area (Å²) in [6.07, 6.45) is 1.57. The van der Waals surface area contributed by atoms with Crippen LogP contribution in [-0.2, 0) is 9.59 Å². The van der Waals surface area contributed by atoms with Gasteiger partial charge in [0, 0.05) is 20.1 Å². The van der Waals surface area contributed by atoms with Crippen LogP contribution in [0.1, 0.15) is 19.8 Å². The standard InChI is InChI=1S/C11H19N3O2.ClH/c1-11(4-5-12-7-11)10(16)13-8-3-6-14(2)9(8)15;/h8,12H,3-7H2,1-2H3,(H,13,16);1H. The molecule has 0 saturated carbocycles. The molecule has 2 rings (SSSR count). The summed E-state index contributed by atoms with van der Waals surface area (Å²) in [5, 5.41) is 6.05. The fourth-order valence-electron chi connectivity index (χ4n) is 2.30. The number of carbonyl (C=O) groups excluding carboxylic acids is 2. The van der Waals surface area contributed by atoms with E-state index in [9.17, 15) is 9.59 Å². The summed E-state index contributed by atoms with van der Waals surface area (Å²) in [4.78, 5) is 25.4. The summed E-state index contributed by atoms with van der Waals surface area (Å²) in [5.74, 6) is 0.0362. The largest absolute Gasteiger partial charge is 0.344 e. The van der Waals surface area contributed by atoms with Gasteiger partial charge in [0.2, 0.25) is 11.8 Å². The second kappa shape index (κ2) is 5.23. The molecule has 2 unspecified atom stereocenters. The zero-order chi connectivity index (χ0) is 11.8. The molecule has 17 heavy (non-hydrogen) atoms. The SMILES string of the molecule is CN1CCC(NC(=O)C2(C)CCNC2)C1=O.Cl. The van der Waals surface area contributed by atoms with Crippen LogP contribution in [0.3, 0.4) is 0 Å². The molecule has 98 valence electrons. The van der Waals surface area contributed by atoms with Crippen LogP contribution < -0.4 is 10.6 Å². The molecule has 6 heteroatoms. The van der Waals surface area contributed by atoms with Crippen LogP contribution in [0, 0.1) is 5.41 Å². The number of hydrogen-bond acceptors (Lipinski definition) is 3. The van der Waals surface area contributed by atoms with E-state index in [0.29, 0.717) is 6.54 Å². The molecule has 0 aliphatic carbocycles. The van der Waals surface area contributed by atoms with Gasteiger partial charge in [-0.15, -0.1) is 12.4 Å². The van der Waals surface area contributed by atoms with E-state index in [1.807, 2.05) is 6.92 Å². The van der Waals surface area contributed by atoms with E-state index in [1.54, 1.807) is 11.9 Å². The third kappa shape index (κ3) is 2.72. The van der Waals surface area contributed by atoms with E-state index < -0.39 is 0 Å². The summed E-state index contributed by atoms with van der Waals surface area (Å²) in [5.41, 5.74) is -0.346. The van der Waals surface area contributed by atoms with Gasteiger partial charge in [-0.1, -0.05) is 0 Å². The summed E-state index contributed by atoms with van der Waals surface area (Å²) in [6.45, 7) is 4.27. The number of halogens is 1. The minimum Gasteiger partial charge on any atom is -0.344 e. The average Bonchev–Trinajstić information content (AvgIpc) is 2.81. The Balaban J connectivity index is 0.00000144. The topological polar surface area (TPSA) is 61.4 Å². The van der Waals surface area contributed by atoms with Crippen LogP contribution in [0.25, 0.3) is 0 Å². The first-order valence-electron chi connectivity index (χ1n) is 5.80. The van der Waals surface area contributed by atoms with Gasteiger partial charge in [-0.25, -0.2) is 0 Å². The van der Waals surface area contributed by atoms with Crippen molar-refractivity contribution in [1.82, 2.24) is 15.5 Å². The minimum atomic E-state index is -0.346. The first kappa shape index (κ1) is 14.3. The Morgan fingerprint density at radius 3 is 2.76 bits per heavy atom. The molecule has 2 N–H and O–H groups in total. The molecular formula is C11H20ClN3O2. The van der Waals surface area contributed by atoms with E-state index in [4.69, 9.17) is 0 Å². The van der Waals surface area contributed by atoms with Gasteiger partial charge in [0.15, 0.2) is 0 Å². The van der Waals surface area contributed by atoms with E-state index in [2.05, 4.69) is 10.6 Å². The van der Waals surface area contributed by atoms with Gasteiger partial charge in [-0.2, -0.15) is 0 Å². The number of likely N-dealkylation sites (tertiary alicyclic amines) is 1. The van der Waals surface area contributed by atoms with Crippen molar-refractivity contribution in [3.63, 3.8) is 0 Å². The Morgan fingerprint density at radius 1 is 1.59 bits per heavy atom. The number of nitrogens with one attached hydrogen (secondary N) is 2. The molecule has 2 aliphatic rings. The predicted molar refractivity (Wildman–Crippen MR) is 67.0 cm³/mol. The number of nitrogens with zero attached hydrogens (tertiary/aromatic N) is 1. The highest BCUT2D eigenvalue weighted by Gasteiger charge is 2.39. The second-order valence-corrected chi connectivity index (χ2v) is 5.06. The highest BCUT2D eigenvalue weighted by atomic mass is 35.5. The summed E-state index contributed by atoms with van der Waals surface area (Å²) >= 11 is 0. The average molecular weight is 262 g/mol. The highest BCUT2D eigenvalue weighted by Crippen LogP contribution is 2.25. The van der Waals surface area contributed by atoms with Crippen molar-refractivity contribution in [3.05, 3.63) is 0 Å². The number of hydrogen-bond donors (Lipinski definition) is 2. The third-order valence-electron chi connectivity index (χ3n) is 3.65. The van der Waals surface area contributed by atoms with E-state index >= 15 is 0 Å². The lowest BCUT2D eigenvalue weighted by atomic mass is 9.88. The van der Waals surface area contributed by atoms with Crippen LogP contribution in [0.4, 0.5) is 0 Å². The fourth-order valence-corrected chi connectivity index (χ4v) is 2.30. The van der Waals surface area contributed by atoms with Crippen molar-refractivity contribution in [2.75, 3.05) is 26.7 Å². The maximum Gasteiger partial charge on any atom is 0.244 e. The van der Waals surface area contributed by atoms with Gasteiger partial charge < -0.3 is 15.5 Å². The van der Waals surface area contributed by atoms with Gasteiger partial charge in [0.1, 0.15) is 6.04 Å². The Morgan fingerprint density at radius 2 is 2.29 bits per heavy atom. The lowest BCUT2D eigenvalue weighted by Crippen LogP contribution is -2.47. The molecule has 2 atom stereocenters. The Kier molecular flexibility index (Phi) is 4.38. The van der Waals surface area contributed by atoms with Gasteiger partial charge in [-0.3, -0.25) is 9.59 Å². The van der Waals surface area contributed by atoms with Crippen molar-refractivity contribution >= 4 is 24.2 Å². The molecule has 0 radical (unpaired) electrons. The summed E-state index contributed by atoms with van der Waals surface area (Å²) in [6, 6.07) is -0.310. The first-order chi connectivity index (χ1) is 7.53. The maximum atomic E-state index is 12.1. The Hall–Kier alpha value is -0.810. The Labute approximate surface area is 108 Å². The molecule has 0 aromatic heterocycles. The van der Waals surface area contributed by atoms with Crippen molar-refractivity contribution in [2.24, 2.45) is 5.41 Å². The molecule has 0 aromatic carbocycles. The van der Waals surface area contributed by atoms with Gasteiger partial charge in [0.25, 0.3) is 0 Å². The van der Waals surface area contributed by atoms with Crippen LogP contribution in [0.15, 0.2) is 0 Å². The van der Waals surface area contributed by atoms with E-state index in [0.717, 1.165) is 25.9 Å². The summed E-state index contributed by atoms with van der Waals surface area (Å²) in [7, 11) is 1.77. The van der Waals surface area contributed by atoms with Crippen molar-refractivity contribution in [2.45, 2.75) is 25.8 Å². The van der Waals surface area contributed by atoms with Crippen LogP contribution in [0.5, 0.6) is 0 Å². The number of rotatable bonds is 2. The lowest BCUT2D eigenvalue weighted by Gasteiger charge is -2.23.